The lowest BCUT2D eigenvalue weighted by Crippen LogP contribution is -2.03. The number of rotatable bonds is 11. The molecule has 0 saturated carbocycles. The van der Waals surface area contributed by atoms with Crippen LogP contribution < -0.4 is 0 Å². The van der Waals surface area contributed by atoms with Crippen LogP contribution in [0.15, 0.2) is 24.3 Å². The van der Waals surface area contributed by atoms with Crippen molar-refractivity contribution >= 4 is 21.2 Å². The van der Waals surface area contributed by atoms with E-state index in [0.717, 1.165) is 49.7 Å². The van der Waals surface area contributed by atoms with Gasteiger partial charge in [0.05, 0.1) is 12.3 Å². The van der Waals surface area contributed by atoms with Crippen molar-refractivity contribution in [3.63, 3.8) is 0 Å². The van der Waals surface area contributed by atoms with Crippen molar-refractivity contribution in [2.45, 2.75) is 57.9 Å². The fraction of sp³-hybridized carbons (Fsp3) is 0.625. The number of hydrogen-bond donors (Lipinski definition) is 1. The van der Waals surface area contributed by atoms with Gasteiger partial charge in [-0.25, -0.2) is 0 Å². The number of unbranched alkanes of at least 4 members (excludes halogenated alkanes) is 7. The highest BCUT2D eigenvalue weighted by atomic mass is 32.2. The van der Waals surface area contributed by atoms with Crippen LogP contribution in [0.1, 0.15) is 51.4 Å². The molecule has 0 aliphatic heterocycles. The van der Waals surface area contributed by atoms with Crippen molar-refractivity contribution in [1.29, 1.82) is 0 Å². The molecule has 2 rings (SSSR count). The molecule has 7 heteroatoms. The van der Waals surface area contributed by atoms with E-state index in [1.807, 2.05) is 24.3 Å². The van der Waals surface area contributed by atoms with E-state index < -0.39 is 10.1 Å². The lowest BCUT2D eigenvalue weighted by atomic mass is 10.1. The minimum Gasteiger partial charge on any atom is -0.286 e. The first kappa shape index (κ1) is 17.9. The normalized spacial score (nSPS) is 12.0. The predicted octanol–water partition coefficient (Wildman–Crippen LogP) is 3.44. The molecule has 0 unspecified atom stereocenters. The van der Waals surface area contributed by atoms with Gasteiger partial charge >= 0.3 is 0 Å². The number of nitrogens with zero attached hydrogens (tertiary/aromatic N) is 3. The van der Waals surface area contributed by atoms with Crippen LogP contribution in [-0.4, -0.2) is 33.7 Å². The zero-order chi connectivity index (χ0) is 16.5. The number of benzene rings is 1. The summed E-state index contributed by atoms with van der Waals surface area (Å²) in [6, 6.07) is 7.89. The molecular weight excluding hydrogens is 314 g/mol. The van der Waals surface area contributed by atoms with Crippen molar-refractivity contribution in [2.75, 3.05) is 5.75 Å². The summed E-state index contributed by atoms with van der Waals surface area (Å²) in [6.45, 7) is 0.850. The first-order chi connectivity index (χ1) is 11.0. The summed E-state index contributed by atoms with van der Waals surface area (Å²) in [5.41, 5.74) is 1.88. The first-order valence-corrected chi connectivity index (χ1v) is 9.90. The Morgan fingerprint density at radius 3 is 1.83 bits per heavy atom. The fourth-order valence-corrected chi connectivity index (χ4v) is 3.17. The number of hydrogen-bond acceptors (Lipinski definition) is 4. The van der Waals surface area contributed by atoms with Gasteiger partial charge in [0, 0.05) is 0 Å². The van der Waals surface area contributed by atoms with E-state index in [2.05, 4.69) is 10.2 Å². The second kappa shape index (κ2) is 8.98. The van der Waals surface area contributed by atoms with Crippen LogP contribution in [0.25, 0.3) is 11.0 Å². The van der Waals surface area contributed by atoms with Crippen LogP contribution in [0.3, 0.4) is 0 Å². The SMILES string of the molecule is O=S(=O)(O)CCCCCCCCCCn1nc2ccccc2n1. The number of fused-ring (bicyclic) bond motifs is 1. The zero-order valence-corrected chi connectivity index (χ0v) is 14.2. The molecule has 2 aromatic rings. The van der Waals surface area contributed by atoms with E-state index in [0.29, 0.717) is 6.42 Å². The van der Waals surface area contributed by atoms with Crippen LogP contribution in [-0.2, 0) is 16.7 Å². The second-order valence-electron chi connectivity index (χ2n) is 5.90. The molecule has 0 bridgehead atoms. The van der Waals surface area contributed by atoms with Gasteiger partial charge in [0.1, 0.15) is 11.0 Å². The molecule has 6 nitrogen and oxygen atoms in total. The Balaban J connectivity index is 1.48. The summed E-state index contributed by atoms with van der Waals surface area (Å²) in [7, 11) is -3.78. The van der Waals surface area contributed by atoms with E-state index in [1.54, 1.807) is 4.80 Å². The molecule has 128 valence electrons. The maximum absolute atomic E-state index is 10.6. The molecule has 0 saturated heterocycles. The summed E-state index contributed by atoms with van der Waals surface area (Å²) < 4.78 is 29.7. The van der Waals surface area contributed by atoms with Crippen LogP contribution >= 0.6 is 0 Å². The Morgan fingerprint density at radius 1 is 0.826 bits per heavy atom. The van der Waals surface area contributed by atoms with Gasteiger partial charge in [-0.2, -0.15) is 23.4 Å². The van der Waals surface area contributed by atoms with Gasteiger partial charge in [0.15, 0.2) is 0 Å². The maximum Gasteiger partial charge on any atom is 0.264 e. The molecule has 0 fully saturated rings. The lowest BCUT2D eigenvalue weighted by Gasteiger charge is -2.02. The van der Waals surface area contributed by atoms with Gasteiger partial charge in [-0.15, -0.1) is 0 Å². The Hall–Kier alpha value is -1.47. The summed E-state index contributed by atoms with van der Waals surface area (Å²) in [6.07, 6.45) is 8.14. The highest BCUT2D eigenvalue weighted by Gasteiger charge is 2.03. The monoisotopic (exact) mass is 339 g/mol. The largest absolute Gasteiger partial charge is 0.286 e. The Kier molecular flexibility index (Phi) is 6.98. The van der Waals surface area contributed by atoms with E-state index in [1.165, 1.54) is 12.8 Å². The van der Waals surface area contributed by atoms with Gasteiger partial charge < -0.3 is 0 Å². The molecular formula is C16H25N3O3S. The standard InChI is InChI=1S/C16H25N3O3S/c20-23(21,22)14-10-6-4-2-1-3-5-9-13-19-17-15-11-7-8-12-16(15)18-19/h7-8,11-12H,1-6,9-10,13-14H2,(H,20,21,22). The molecule has 0 amide bonds. The minimum absolute atomic E-state index is 0.113. The molecule has 1 N–H and O–H groups in total. The molecule has 1 aromatic carbocycles. The van der Waals surface area contributed by atoms with Crippen LogP contribution in [0.5, 0.6) is 0 Å². The maximum atomic E-state index is 10.6. The summed E-state index contributed by atoms with van der Waals surface area (Å²) in [5.74, 6) is -0.113. The van der Waals surface area contributed by atoms with Crippen molar-refractivity contribution < 1.29 is 13.0 Å². The smallest absolute Gasteiger partial charge is 0.264 e. The number of aryl methyl sites for hydroxylation is 1. The second-order valence-corrected chi connectivity index (χ2v) is 7.47. The van der Waals surface area contributed by atoms with Gasteiger partial charge in [0.25, 0.3) is 10.1 Å². The van der Waals surface area contributed by atoms with E-state index in [-0.39, 0.29) is 5.75 Å². The summed E-state index contributed by atoms with van der Waals surface area (Å²) >= 11 is 0. The van der Waals surface area contributed by atoms with E-state index >= 15 is 0 Å². The van der Waals surface area contributed by atoms with Crippen molar-refractivity contribution in [3.05, 3.63) is 24.3 Å². The van der Waals surface area contributed by atoms with Gasteiger partial charge in [-0.3, -0.25) is 4.55 Å². The van der Waals surface area contributed by atoms with Gasteiger partial charge in [-0.1, -0.05) is 50.7 Å². The van der Waals surface area contributed by atoms with Crippen molar-refractivity contribution in [3.8, 4) is 0 Å². The topological polar surface area (TPSA) is 85.1 Å². The molecule has 1 aromatic heterocycles. The average Bonchev–Trinajstić information content (AvgIpc) is 2.90. The molecule has 0 atom stereocenters. The molecule has 0 aliphatic rings. The summed E-state index contributed by atoms with van der Waals surface area (Å²) in [5, 5.41) is 8.87. The quantitative estimate of drug-likeness (QED) is 0.501. The van der Waals surface area contributed by atoms with E-state index in [9.17, 15) is 8.42 Å². The molecule has 0 aliphatic carbocycles. The summed E-state index contributed by atoms with van der Waals surface area (Å²) in [4.78, 5) is 1.78. The Morgan fingerprint density at radius 2 is 1.30 bits per heavy atom. The third-order valence-corrected chi connectivity index (χ3v) is 4.64. The lowest BCUT2D eigenvalue weighted by molar-refractivity contribution is 0.475. The third kappa shape index (κ3) is 7.09. The van der Waals surface area contributed by atoms with E-state index in [4.69, 9.17) is 4.55 Å². The van der Waals surface area contributed by atoms with Crippen molar-refractivity contribution in [2.24, 2.45) is 0 Å². The highest BCUT2D eigenvalue weighted by molar-refractivity contribution is 7.85. The van der Waals surface area contributed by atoms with Gasteiger partial charge in [0.2, 0.25) is 0 Å². The fourth-order valence-electron chi connectivity index (χ4n) is 2.60. The zero-order valence-electron chi connectivity index (χ0n) is 13.4. The van der Waals surface area contributed by atoms with Gasteiger partial charge in [-0.05, 0) is 25.0 Å². The number of aromatic nitrogens is 3. The molecule has 23 heavy (non-hydrogen) atoms. The van der Waals surface area contributed by atoms with Crippen molar-refractivity contribution in [1.82, 2.24) is 15.0 Å². The molecule has 0 spiro atoms. The Labute approximate surface area is 137 Å². The minimum atomic E-state index is -3.78. The predicted molar refractivity (Wildman–Crippen MR) is 90.9 cm³/mol. The first-order valence-electron chi connectivity index (χ1n) is 8.30. The molecule has 1 heterocycles. The van der Waals surface area contributed by atoms with Crippen LogP contribution in [0.4, 0.5) is 0 Å². The van der Waals surface area contributed by atoms with Crippen LogP contribution in [0, 0.1) is 0 Å². The Bertz CT molecular complexity index is 664. The average molecular weight is 339 g/mol. The third-order valence-electron chi connectivity index (χ3n) is 3.84. The van der Waals surface area contributed by atoms with Crippen LogP contribution in [0.2, 0.25) is 0 Å². The molecule has 0 radical (unpaired) electrons. The highest BCUT2D eigenvalue weighted by Crippen LogP contribution is 2.11.